The first-order chi connectivity index (χ1) is 10.1. The zero-order valence-electron chi connectivity index (χ0n) is 11.6. The molecular formula is C16H16BrF2NO. The topological polar surface area (TPSA) is 21.3 Å². The van der Waals surface area contributed by atoms with Crippen molar-refractivity contribution in [2.45, 2.75) is 19.9 Å². The maximum Gasteiger partial charge on any atom is 0.165 e. The summed E-state index contributed by atoms with van der Waals surface area (Å²) in [6.07, 6.45) is 1.00. The highest BCUT2D eigenvalue weighted by atomic mass is 79.9. The number of benzene rings is 2. The largest absolute Gasteiger partial charge is 0.454 e. The van der Waals surface area contributed by atoms with Gasteiger partial charge in [-0.2, -0.15) is 0 Å². The molecule has 0 aliphatic rings. The molecular weight excluding hydrogens is 340 g/mol. The second-order valence-corrected chi connectivity index (χ2v) is 5.56. The van der Waals surface area contributed by atoms with Crippen LogP contribution in [-0.2, 0) is 6.54 Å². The van der Waals surface area contributed by atoms with Gasteiger partial charge in [0.25, 0.3) is 0 Å². The van der Waals surface area contributed by atoms with E-state index < -0.39 is 11.6 Å². The normalized spacial score (nSPS) is 10.7. The number of hydrogen-bond acceptors (Lipinski definition) is 2. The van der Waals surface area contributed by atoms with Crippen molar-refractivity contribution in [2.75, 3.05) is 6.54 Å². The van der Waals surface area contributed by atoms with Gasteiger partial charge >= 0.3 is 0 Å². The van der Waals surface area contributed by atoms with Gasteiger partial charge in [-0.05, 0) is 48.9 Å². The molecule has 0 aliphatic carbocycles. The van der Waals surface area contributed by atoms with Crippen molar-refractivity contribution in [1.82, 2.24) is 5.32 Å². The average Bonchev–Trinajstić information content (AvgIpc) is 2.43. The summed E-state index contributed by atoms with van der Waals surface area (Å²) in [5.74, 6) is -0.563. The Bertz CT molecular complexity index is 619. The molecule has 5 heteroatoms. The third-order valence-electron chi connectivity index (χ3n) is 2.81. The van der Waals surface area contributed by atoms with Gasteiger partial charge in [0.15, 0.2) is 11.6 Å². The lowest BCUT2D eigenvalue weighted by Crippen LogP contribution is -2.13. The third kappa shape index (κ3) is 4.79. The molecule has 2 nitrogen and oxygen atoms in total. The predicted octanol–water partition coefficient (Wildman–Crippen LogP) is 5.02. The molecule has 1 N–H and O–H groups in total. The summed E-state index contributed by atoms with van der Waals surface area (Å²) in [4.78, 5) is 0. The fraction of sp³-hybridized carbons (Fsp3) is 0.250. The molecule has 0 radical (unpaired) electrons. The van der Waals surface area contributed by atoms with Crippen LogP contribution >= 0.6 is 15.9 Å². The van der Waals surface area contributed by atoms with E-state index in [1.165, 1.54) is 24.3 Å². The Hall–Kier alpha value is -1.46. The van der Waals surface area contributed by atoms with Crippen molar-refractivity contribution >= 4 is 15.9 Å². The third-order valence-corrected chi connectivity index (χ3v) is 3.30. The van der Waals surface area contributed by atoms with Gasteiger partial charge in [-0.25, -0.2) is 8.78 Å². The van der Waals surface area contributed by atoms with Crippen molar-refractivity contribution in [3.05, 3.63) is 58.1 Å². The Morgan fingerprint density at radius 1 is 1.14 bits per heavy atom. The highest BCUT2D eigenvalue weighted by molar-refractivity contribution is 9.10. The van der Waals surface area contributed by atoms with E-state index in [1.54, 1.807) is 12.1 Å². The number of rotatable bonds is 6. The summed E-state index contributed by atoms with van der Waals surface area (Å²) in [6, 6.07) is 8.76. The zero-order valence-corrected chi connectivity index (χ0v) is 13.2. The van der Waals surface area contributed by atoms with Crippen LogP contribution in [0.1, 0.15) is 18.9 Å². The Morgan fingerprint density at radius 3 is 2.71 bits per heavy atom. The SMILES string of the molecule is CCCNCc1cc(F)cc(Oc2cc(Br)ccc2F)c1. The first kappa shape index (κ1) is 15.9. The maximum absolute atomic E-state index is 13.7. The lowest BCUT2D eigenvalue weighted by atomic mass is 10.2. The van der Waals surface area contributed by atoms with Crippen LogP contribution in [0.5, 0.6) is 11.5 Å². The predicted molar refractivity (Wildman–Crippen MR) is 82.6 cm³/mol. The van der Waals surface area contributed by atoms with Crippen LogP contribution in [-0.4, -0.2) is 6.54 Å². The van der Waals surface area contributed by atoms with Gasteiger partial charge in [0.2, 0.25) is 0 Å². The smallest absolute Gasteiger partial charge is 0.165 e. The quantitative estimate of drug-likeness (QED) is 0.734. The zero-order chi connectivity index (χ0) is 15.2. The van der Waals surface area contributed by atoms with Gasteiger partial charge in [-0.3, -0.25) is 0 Å². The van der Waals surface area contributed by atoms with E-state index in [0.29, 0.717) is 11.0 Å². The van der Waals surface area contributed by atoms with Crippen molar-refractivity contribution in [2.24, 2.45) is 0 Å². The monoisotopic (exact) mass is 355 g/mol. The molecule has 0 heterocycles. The second kappa shape index (κ2) is 7.52. The molecule has 112 valence electrons. The summed E-state index contributed by atoms with van der Waals surface area (Å²) < 4.78 is 33.4. The molecule has 0 amide bonds. The molecule has 2 aromatic rings. The fourth-order valence-corrected chi connectivity index (χ4v) is 2.21. The molecule has 0 fully saturated rings. The van der Waals surface area contributed by atoms with Crippen molar-refractivity contribution in [3.8, 4) is 11.5 Å². The summed E-state index contributed by atoms with van der Waals surface area (Å²) in [7, 11) is 0. The Kier molecular flexibility index (Phi) is 5.70. The highest BCUT2D eigenvalue weighted by Gasteiger charge is 2.08. The van der Waals surface area contributed by atoms with Crippen LogP contribution in [0.2, 0.25) is 0 Å². The van der Waals surface area contributed by atoms with Crippen molar-refractivity contribution < 1.29 is 13.5 Å². The van der Waals surface area contributed by atoms with Crippen LogP contribution in [0.25, 0.3) is 0 Å². The van der Waals surface area contributed by atoms with Crippen molar-refractivity contribution in [3.63, 3.8) is 0 Å². The van der Waals surface area contributed by atoms with Gasteiger partial charge in [0.05, 0.1) is 0 Å². The Labute approximate surface area is 131 Å². The summed E-state index contributed by atoms with van der Waals surface area (Å²) in [5, 5.41) is 3.19. The summed E-state index contributed by atoms with van der Waals surface area (Å²) in [6.45, 7) is 3.46. The van der Waals surface area contributed by atoms with Gasteiger partial charge in [-0.15, -0.1) is 0 Å². The number of halogens is 3. The number of hydrogen-bond donors (Lipinski definition) is 1. The number of nitrogens with one attached hydrogen (secondary N) is 1. The molecule has 0 bridgehead atoms. The minimum absolute atomic E-state index is 0.0578. The second-order valence-electron chi connectivity index (χ2n) is 4.65. The maximum atomic E-state index is 13.7. The van der Waals surface area contributed by atoms with Crippen LogP contribution in [0, 0.1) is 11.6 Å². The number of ether oxygens (including phenoxy) is 1. The van der Waals surface area contributed by atoms with E-state index in [9.17, 15) is 8.78 Å². The molecule has 0 atom stereocenters. The lowest BCUT2D eigenvalue weighted by molar-refractivity contribution is 0.437. The molecule has 0 spiro atoms. The molecule has 0 unspecified atom stereocenters. The van der Waals surface area contributed by atoms with E-state index in [-0.39, 0.29) is 11.5 Å². The van der Waals surface area contributed by atoms with Crippen LogP contribution in [0.3, 0.4) is 0 Å². The molecule has 0 saturated carbocycles. The minimum Gasteiger partial charge on any atom is -0.454 e. The Balaban J connectivity index is 2.17. The van der Waals surface area contributed by atoms with Gasteiger partial charge in [0, 0.05) is 17.1 Å². The van der Waals surface area contributed by atoms with E-state index in [0.717, 1.165) is 18.5 Å². The van der Waals surface area contributed by atoms with E-state index in [2.05, 4.69) is 28.2 Å². The van der Waals surface area contributed by atoms with E-state index in [4.69, 9.17) is 4.74 Å². The summed E-state index contributed by atoms with van der Waals surface area (Å²) in [5.41, 5.74) is 0.758. The van der Waals surface area contributed by atoms with Crippen LogP contribution in [0.4, 0.5) is 8.78 Å². The van der Waals surface area contributed by atoms with E-state index in [1.807, 2.05) is 0 Å². The molecule has 0 aliphatic heterocycles. The van der Waals surface area contributed by atoms with Gasteiger partial charge < -0.3 is 10.1 Å². The Morgan fingerprint density at radius 2 is 1.95 bits per heavy atom. The van der Waals surface area contributed by atoms with Crippen LogP contribution < -0.4 is 10.1 Å². The standard InChI is InChI=1S/C16H16BrF2NO/c1-2-5-20-10-11-6-13(18)9-14(7-11)21-16-8-12(17)3-4-15(16)19/h3-4,6-9,20H,2,5,10H2,1H3. The van der Waals surface area contributed by atoms with Crippen molar-refractivity contribution in [1.29, 1.82) is 0 Å². The molecule has 0 saturated heterocycles. The fourth-order valence-electron chi connectivity index (χ4n) is 1.87. The summed E-state index contributed by atoms with van der Waals surface area (Å²) >= 11 is 3.25. The van der Waals surface area contributed by atoms with Gasteiger partial charge in [0.1, 0.15) is 11.6 Å². The first-order valence-electron chi connectivity index (χ1n) is 6.71. The highest BCUT2D eigenvalue weighted by Crippen LogP contribution is 2.28. The van der Waals surface area contributed by atoms with Crippen LogP contribution in [0.15, 0.2) is 40.9 Å². The lowest BCUT2D eigenvalue weighted by Gasteiger charge is -2.10. The molecule has 2 aromatic carbocycles. The minimum atomic E-state index is -0.492. The molecule has 2 rings (SSSR count). The molecule has 0 aromatic heterocycles. The molecule has 21 heavy (non-hydrogen) atoms. The average molecular weight is 356 g/mol. The first-order valence-corrected chi connectivity index (χ1v) is 7.51. The van der Waals surface area contributed by atoms with E-state index >= 15 is 0 Å². The van der Waals surface area contributed by atoms with Gasteiger partial charge in [-0.1, -0.05) is 22.9 Å².